The van der Waals surface area contributed by atoms with Crippen molar-refractivity contribution in [2.24, 2.45) is 0 Å². The van der Waals surface area contributed by atoms with Crippen molar-refractivity contribution in [1.29, 1.82) is 0 Å². The minimum absolute atomic E-state index is 0.233. The van der Waals surface area contributed by atoms with E-state index in [9.17, 15) is 13.2 Å². The molecule has 28 heavy (non-hydrogen) atoms. The van der Waals surface area contributed by atoms with Gasteiger partial charge in [0.15, 0.2) is 0 Å². The van der Waals surface area contributed by atoms with Crippen molar-refractivity contribution in [3.63, 3.8) is 0 Å². The zero-order valence-electron chi connectivity index (χ0n) is 16.8. The molecule has 1 aliphatic heterocycles. The van der Waals surface area contributed by atoms with E-state index in [1.54, 1.807) is 29.4 Å². The monoisotopic (exact) mass is 400 g/mol. The maximum Gasteiger partial charge on any atom is 0.255 e. The Morgan fingerprint density at radius 3 is 2.21 bits per heavy atom. The second-order valence-corrected chi connectivity index (χ2v) is 9.48. The first-order valence-corrected chi connectivity index (χ1v) is 11.2. The molecule has 1 heterocycles. The Hall–Kier alpha value is -2.18. The maximum atomic E-state index is 13.2. The van der Waals surface area contributed by atoms with E-state index >= 15 is 0 Å². The van der Waals surface area contributed by atoms with Crippen LogP contribution >= 0.6 is 0 Å². The smallest absolute Gasteiger partial charge is 0.255 e. The standard InChI is InChI=1S/C22H28N2O3S/c1-16-8-9-17(2)20(14-16)22(25)23-19-11-10-18(3)21(15-19)28(26,27)24-12-6-4-5-7-13-24/h8-11,14-15H,4-7,12-13H2,1-3H3,(H,23,25). The summed E-state index contributed by atoms with van der Waals surface area (Å²) in [6.07, 6.45) is 3.91. The van der Waals surface area contributed by atoms with Crippen LogP contribution in [0.1, 0.15) is 52.7 Å². The summed E-state index contributed by atoms with van der Waals surface area (Å²) in [6, 6.07) is 10.8. The lowest BCUT2D eigenvalue weighted by Gasteiger charge is -2.21. The predicted octanol–water partition coefficient (Wildman–Crippen LogP) is 4.43. The number of carbonyl (C=O) groups excluding carboxylic acids is 1. The Labute approximate surface area is 167 Å². The summed E-state index contributed by atoms with van der Waals surface area (Å²) in [5.74, 6) is -0.233. The molecule has 150 valence electrons. The number of benzene rings is 2. The molecule has 3 rings (SSSR count). The number of amides is 1. The Balaban J connectivity index is 1.89. The van der Waals surface area contributed by atoms with Gasteiger partial charge in [-0.1, -0.05) is 36.6 Å². The van der Waals surface area contributed by atoms with E-state index in [4.69, 9.17) is 0 Å². The van der Waals surface area contributed by atoms with Gasteiger partial charge in [-0.3, -0.25) is 4.79 Å². The van der Waals surface area contributed by atoms with Gasteiger partial charge in [-0.2, -0.15) is 4.31 Å². The molecule has 0 radical (unpaired) electrons. The van der Waals surface area contributed by atoms with E-state index in [1.165, 1.54) is 0 Å². The topological polar surface area (TPSA) is 66.5 Å². The summed E-state index contributed by atoms with van der Waals surface area (Å²) < 4.78 is 27.9. The third kappa shape index (κ3) is 4.45. The number of nitrogens with one attached hydrogen (secondary N) is 1. The van der Waals surface area contributed by atoms with Gasteiger partial charge in [-0.05, 0) is 62.9 Å². The van der Waals surface area contributed by atoms with Gasteiger partial charge in [0.05, 0.1) is 4.90 Å². The molecule has 0 aromatic heterocycles. The Kier molecular flexibility index (Phi) is 6.20. The minimum Gasteiger partial charge on any atom is -0.322 e. The third-order valence-corrected chi connectivity index (χ3v) is 7.31. The summed E-state index contributed by atoms with van der Waals surface area (Å²) in [4.78, 5) is 13.0. The zero-order valence-corrected chi connectivity index (χ0v) is 17.6. The molecule has 1 N–H and O–H groups in total. The average Bonchev–Trinajstić information content (AvgIpc) is 2.95. The number of anilines is 1. The second-order valence-electron chi connectivity index (χ2n) is 7.57. The van der Waals surface area contributed by atoms with E-state index in [0.29, 0.717) is 29.9 Å². The molecule has 1 fully saturated rings. The first kappa shape index (κ1) is 20.6. The summed E-state index contributed by atoms with van der Waals surface area (Å²) in [5, 5.41) is 2.86. The van der Waals surface area contributed by atoms with Gasteiger partial charge < -0.3 is 5.32 Å². The van der Waals surface area contributed by atoms with Crippen LogP contribution in [0.3, 0.4) is 0 Å². The highest BCUT2D eigenvalue weighted by Gasteiger charge is 2.27. The van der Waals surface area contributed by atoms with Crippen molar-refractivity contribution >= 4 is 21.6 Å². The fourth-order valence-electron chi connectivity index (χ4n) is 3.56. The Morgan fingerprint density at radius 2 is 1.54 bits per heavy atom. The molecule has 0 bridgehead atoms. The van der Waals surface area contributed by atoms with Crippen LogP contribution in [0.5, 0.6) is 0 Å². The Bertz CT molecular complexity index is 975. The predicted molar refractivity (Wildman–Crippen MR) is 112 cm³/mol. The number of sulfonamides is 1. The van der Waals surface area contributed by atoms with Crippen molar-refractivity contribution in [3.8, 4) is 0 Å². The Morgan fingerprint density at radius 1 is 0.893 bits per heavy atom. The van der Waals surface area contributed by atoms with Crippen LogP contribution in [0.25, 0.3) is 0 Å². The minimum atomic E-state index is -3.57. The van der Waals surface area contributed by atoms with E-state index in [0.717, 1.165) is 36.8 Å². The lowest BCUT2D eigenvalue weighted by atomic mass is 10.0. The fraction of sp³-hybridized carbons (Fsp3) is 0.409. The molecular formula is C22H28N2O3S. The quantitative estimate of drug-likeness (QED) is 0.826. The van der Waals surface area contributed by atoms with Crippen molar-refractivity contribution < 1.29 is 13.2 Å². The molecule has 0 saturated carbocycles. The van der Waals surface area contributed by atoms with Gasteiger partial charge in [0.1, 0.15) is 0 Å². The average molecular weight is 401 g/mol. The van der Waals surface area contributed by atoms with Gasteiger partial charge in [0, 0.05) is 24.3 Å². The molecule has 2 aromatic rings. The maximum absolute atomic E-state index is 13.2. The normalized spacial score (nSPS) is 15.8. The van der Waals surface area contributed by atoms with Crippen LogP contribution in [0, 0.1) is 20.8 Å². The lowest BCUT2D eigenvalue weighted by Crippen LogP contribution is -2.32. The van der Waals surface area contributed by atoms with Crippen molar-refractivity contribution in [3.05, 3.63) is 58.7 Å². The van der Waals surface area contributed by atoms with Gasteiger partial charge in [0.25, 0.3) is 5.91 Å². The second kappa shape index (κ2) is 8.45. The SMILES string of the molecule is Cc1ccc(C)c(C(=O)Nc2ccc(C)c(S(=O)(=O)N3CCCCCC3)c2)c1. The first-order chi connectivity index (χ1) is 13.3. The zero-order chi connectivity index (χ0) is 20.3. The molecule has 0 spiro atoms. The van der Waals surface area contributed by atoms with Gasteiger partial charge in [-0.15, -0.1) is 0 Å². The summed E-state index contributed by atoms with van der Waals surface area (Å²) >= 11 is 0. The highest BCUT2D eigenvalue weighted by atomic mass is 32.2. The van der Waals surface area contributed by atoms with Crippen LogP contribution in [0.15, 0.2) is 41.3 Å². The highest BCUT2D eigenvalue weighted by Crippen LogP contribution is 2.26. The van der Waals surface area contributed by atoms with Crippen molar-refractivity contribution in [2.45, 2.75) is 51.3 Å². The number of hydrogen-bond acceptors (Lipinski definition) is 3. The number of rotatable bonds is 4. The van der Waals surface area contributed by atoms with Crippen LogP contribution in [0.2, 0.25) is 0 Å². The third-order valence-electron chi connectivity index (χ3n) is 5.27. The molecular weight excluding hydrogens is 372 g/mol. The van der Waals surface area contributed by atoms with Crippen LogP contribution < -0.4 is 5.32 Å². The van der Waals surface area contributed by atoms with Crippen LogP contribution in [-0.2, 0) is 10.0 Å². The molecule has 2 aromatic carbocycles. The molecule has 0 aliphatic carbocycles. The van der Waals surface area contributed by atoms with Crippen molar-refractivity contribution in [1.82, 2.24) is 4.31 Å². The van der Waals surface area contributed by atoms with Gasteiger partial charge in [-0.25, -0.2) is 8.42 Å². The molecule has 1 aliphatic rings. The lowest BCUT2D eigenvalue weighted by molar-refractivity contribution is 0.102. The van der Waals surface area contributed by atoms with Crippen molar-refractivity contribution in [2.75, 3.05) is 18.4 Å². The molecule has 0 unspecified atom stereocenters. The van der Waals surface area contributed by atoms with E-state index in [1.807, 2.05) is 32.0 Å². The number of hydrogen-bond donors (Lipinski definition) is 1. The molecule has 6 heteroatoms. The van der Waals surface area contributed by atoms with E-state index < -0.39 is 10.0 Å². The van der Waals surface area contributed by atoms with Crippen LogP contribution in [-0.4, -0.2) is 31.7 Å². The molecule has 5 nitrogen and oxygen atoms in total. The van der Waals surface area contributed by atoms with Gasteiger partial charge in [0.2, 0.25) is 10.0 Å². The highest BCUT2D eigenvalue weighted by molar-refractivity contribution is 7.89. The summed E-state index contributed by atoms with van der Waals surface area (Å²) in [5.41, 5.74) is 3.66. The number of nitrogens with zero attached hydrogens (tertiary/aromatic N) is 1. The van der Waals surface area contributed by atoms with E-state index in [-0.39, 0.29) is 10.8 Å². The van der Waals surface area contributed by atoms with E-state index in [2.05, 4.69) is 5.32 Å². The first-order valence-electron chi connectivity index (χ1n) is 9.78. The number of carbonyl (C=O) groups is 1. The number of aryl methyl sites for hydroxylation is 3. The summed E-state index contributed by atoms with van der Waals surface area (Å²) in [6.45, 7) is 6.73. The molecule has 0 atom stereocenters. The van der Waals surface area contributed by atoms with Gasteiger partial charge >= 0.3 is 0 Å². The summed E-state index contributed by atoms with van der Waals surface area (Å²) in [7, 11) is -3.57. The fourth-order valence-corrected chi connectivity index (χ4v) is 5.32. The molecule has 1 saturated heterocycles. The largest absolute Gasteiger partial charge is 0.322 e. The molecule has 1 amide bonds. The van der Waals surface area contributed by atoms with Crippen LogP contribution in [0.4, 0.5) is 5.69 Å².